The Balaban J connectivity index is 2.74. The summed E-state index contributed by atoms with van der Waals surface area (Å²) in [5.74, 6) is 3.41. The molecule has 14 heavy (non-hydrogen) atoms. The van der Waals surface area contributed by atoms with Crippen molar-refractivity contribution in [3.05, 3.63) is 0 Å². The molecule has 1 fully saturated rings. The van der Waals surface area contributed by atoms with Crippen LogP contribution in [0.15, 0.2) is 0 Å². The molecule has 0 saturated carbocycles. The molecule has 0 aromatic rings. The molecule has 1 heteroatoms. The molecule has 0 aliphatic carbocycles. The molecule has 1 heterocycles. The maximum atomic E-state index is 2.68. The highest BCUT2D eigenvalue weighted by Crippen LogP contribution is 2.37. The van der Waals surface area contributed by atoms with E-state index in [1.54, 1.807) is 0 Å². The van der Waals surface area contributed by atoms with Gasteiger partial charge < -0.3 is 0 Å². The lowest BCUT2D eigenvalue weighted by Crippen LogP contribution is -2.36. The zero-order chi connectivity index (χ0) is 10.9. The summed E-state index contributed by atoms with van der Waals surface area (Å²) in [4.78, 5) is 2.68. The molecule has 1 saturated heterocycles. The highest BCUT2D eigenvalue weighted by atomic mass is 15.2. The summed E-state index contributed by atoms with van der Waals surface area (Å²) in [6.45, 7) is 16.8. The van der Waals surface area contributed by atoms with Gasteiger partial charge in [-0.15, -0.1) is 0 Å². The molecule has 1 aliphatic rings. The number of nitrogens with zero attached hydrogens (tertiary/aromatic N) is 1. The molecule has 3 unspecified atom stereocenters. The first-order valence-electron chi connectivity index (χ1n) is 6.23. The standard InChI is InChI=1S/C13H27N/c1-7-14-8-12(9(2)3)11(6)13(14)10(4)5/h9-13H,7-8H2,1-6H3. The van der Waals surface area contributed by atoms with Gasteiger partial charge in [-0.05, 0) is 30.2 Å². The first kappa shape index (κ1) is 12.0. The van der Waals surface area contributed by atoms with Gasteiger partial charge in [-0.25, -0.2) is 0 Å². The lowest BCUT2D eigenvalue weighted by Gasteiger charge is -2.29. The quantitative estimate of drug-likeness (QED) is 0.671. The minimum absolute atomic E-state index is 0.800. The molecule has 0 aromatic heterocycles. The van der Waals surface area contributed by atoms with Crippen LogP contribution in [0.2, 0.25) is 0 Å². The summed E-state index contributed by atoms with van der Waals surface area (Å²) in [5, 5.41) is 0. The van der Waals surface area contributed by atoms with E-state index in [9.17, 15) is 0 Å². The van der Waals surface area contributed by atoms with E-state index in [0.29, 0.717) is 0 Å². The topological polar surface area (TPSA) is 3.24 Å². The van der Waals surface area contributed by atoms with E-state index in [-0.39, 0.29) is 0 Å². The van der Waals surface area contributed by atoms with E-state index in [1.165, 1.54) is 13.1 Å². The van der Waals surface area contributed by atoms with Crippen LogP contribution in [0.4, 0.5) is 0 Å². The Hall–Kier alpha value is -0.0400. The van der Waals surface area contributed by atoms with E-state index < -0.39 is 0 Å². The third-order valence-electron chi connectivity index (χ3n) is 4.03. The molecular weight excluding hydrogens is 170 g/mol. The third-order valence-corrected chi connectivity index (χ3v) is 4.03. The monoisotopic (exact) mass is 197 g/mol. The van der Waals surface area contributed by atoms with Gasteiger partial charge in [0.15, 0.2) is 0 Å². The summed E-state index contributed by atoms with van der Waals surface area (Å²) < 4.78 is 0. The van der Waals surface area contributed by atoms with Gasteiger partial charge in [0.05, 0.1) is 0 Å². The first-order valence-corrected chi connectivity index (χ1v) is 6.23. The Bertz CT molecular complexity index is 174. The minimum atomic E-state index is 0.800. The molecule has 0 radical (unpaired) electrons. The predicted octanol–water partition coefficient (Wildman–Crippen LogP) is 3.25. The lowest BCUT2D eigenvalue weighted by molar-refractivity contribution is 0.188. The normalized spacial score (nSPS) is 34.7. The van der Waals surface area contributed by atoms with E-state index in [1.807, 2.05) is 0 Å². The summed E-state index contributed by atoms with van der Waals surface area (Å²) >= 11 is 0. The van der Waals surface area contributed by atoms with Crippen molar-refractivity contribution in [1.29, 1.82) is 0 Å². The molecule has 0 bridgehead atoms. The third kappa shape index (κ3) is 2.13. The van der Waals surface area contributed by atoms with Crippen LogP contribution in [0.5, 0.6) is 0 Å². The van der Waals surface area contributed by atoms with E-state index in [2.05, 4.69) is 46.4 Å². The van der Waals surface area contributed by atoms with Crippen LogP contribution in [0.25, 0.3) is 0 Å². The van der Waals surface area contributed by atoms with Gasteiger partial charge in [-0.2, -0.15) is 0 Å². The Morgan fingerprint density at radius 2 is 1.71 bits per heavy atom. The summed E-state index contributed by atoms with van der Waals surface area (Å²) in [5.41, 5.74) is 0. The van der Waals surface area contributed by atoms with Crippen molar-refractivity contribution < 1.29 is 0 Å². The zero-order valence-electron chi connectivity index (χ0n) is 10.7. The molecule has 3 atom stereocenters. The van der Waals surface area contributed by atoms with Crippen molar-refractivity contribution in [2.24, 2.45) is 23.7 Å². The van der Waals surface area contributed by atoms with Crippen molar-refractivity contribution in [2.45, 2.75) is 47.6 Å². The van der Waals surface area contributed by atoms with Crippen molar-refractivity contribution in [3.63, 3.8) is 0 Å². The highest BCUT2D eigenvalue weighted by molar-refractivity contribution is 4.92. The van der Waals surface area contributed by atoms with Gasteiger partial charge in [0.1, 0.15) is 0 Å². The fourth-order valence-corrected chi connectivity index (χ4v) is 3.33. The van der Waals surface area contributed by atoms with Crippen molar-refractivity contribution in [1.82, 2.24) is 4.90 Å². The first-order chi connectivity index (χ1) is 6.49. The van der Waals surface area contributed by atoms with Crippen LogP contribution in [0.1, 0.15) is 41.5 Å². The summed E-state index contributed by atoms with van der Waals surface area (Å²) in [6.07, 6.45) is 0. The number of rotatable bonds is 3. The maximum absolute atomic E-state index is 2.68. The molecule has 1 aliphatic heterocycles. The average Bonchev–Trinajstić information content (AvgIpc) is 2.42. The van der Waals surface area contributed by atoms with Gasteiger partial charge in [0.2, 0.25) is 0 Å². The van der Waals surface area contributed by atoms with Crippen LogP contribution >= 0.6 is 0 Å². The summed E-state index contributed by atoms with van der Waals surface area (Å²) in [7, 11) is 0. The fourth-order valence-electron chi connectivity index (χ4n) is 3.33. The van der Waals surface area contributed by atoms with E-state index in [0.717, 1.165) is 29.7 Å². The predicted molar refractivity (Wildman–Crippen MR) is 63.4 cm³/mol. The number of hydrogen-bond acceptors (Lipinski definition) is 1. The summed E-state index contributed by atoms with van der Waals surface area (Å²) in [6, 6.07) is 0.812. The second-order valence-corrected chi connectivity index (χ2v) is 5.59. The maximum Gasteiger partial charge on any atom is 0.0147 e. The van der Waals surface area contributed by atoms with Gasteiger partial charge in [0.25, 0.3) is 0 Å². The van der Waals surface area contributed by atoms with Gasteiger partial charge in [0, 0.05) is 12.6 Å². The second kappa shape index (κ2) is 4.65. The number of likely N-dealkylation sites (tertiary alicyclic amines) is 1. The molecule has 84 valence electrons. The average molecular weight is 197 g/mol. The van der Waals surface area contributed by atoms with Gasteiger partial charge in [-0.3, -0.25) is 4.90 Å². The molecular formula is C13H27N. The zero-order valence-corrected chi connectivity index (χ0v) is 10.7. The van der Waals surface area contributed by atoms with Gasteiger partial charge >= 0.3 is 0 Å². The van der Waals surface area contributed by atoms with Crippen LogP contribution in [-0.4, -0.2) is 24.0 Å². The SMILES string of the molecule is CCN1CC(C(C)C)C(C)C1C(C)C. The largest absolute Gasteiger partial charge is 0.300 e. The second-order valence-electron chi connectivity index (χ2n) is 5.59. The Morgan fingerprint density at radius 1 is 1.14 bits per heavy atom. The number of hydrogen-bond donors (Lipinski definition) is 0. The van der Waals surface area contributed by atoms with Crippen LogP contribution in [0, 0.1) is 23.7 Å². The Morgan fingerprint density at radius 3 is 2.00 bits per heavy atom. The van der Waals surface area contributed by atoms with Crippen molar-refractivity contribution in [3.8, 4) is 0 Å². The minimum Gasteiger partial charge on any atom is -0.300 e. The molecule has 1 nitrogen and oxygen atoms in total. The molecule has 1 rings (SSSR count). The lowest BCUT2D eigenvalue weighted by atomic mass is 9.81. The van der Waals surface area contributed by atoms with E-state index >= 15 is 0 Å². The fraction of sp³-hybridized carbons (Fsp3) is 1.00. The van der Waals surface area contributed by atoms with Crippen molar-refractivity contribution >= 4 is 0 Å². The highest BCUT2D eigenvalue weighted by Gasteiger charge is 2.40. The molecule has 0 N–H and O–H groups in total. The van der Waals surface area contributed by atoms with Crippen LogP contribution in [0.3, 0.4) is 0 Å². The Kier molecular flexibility index (Phi) is 4.00. The molecule has 0 amide bonds. The molecule has 0 spiro atoms. The van der Waals surface area contributed by atoms with Crippen LogP contribution in [-0.2, 0) is 0 Å². The van der Waals surface area contributed by atoms with Gasteiger partial charge in [-0.1, -0.05) is 41.5 Å². The smallest absolute Gasteiger partial charge is 0.0147 e. The van der Waals surface area contributed by atoms with Crippen LogP contribution < -0.4 is 0 Å². The van der Waals surface area contributed by atoms with E-state index in [4.69, 9.17) is 0 Å². The molecule has 0 aromatic carbocycles. The Labute approximate surface area is 89.9 Å². The van der Waals surface area contributed by atoms with Crippen molar-refractivity contribution in [2.75, 3.05) is 13.1 Å².